The molecular weight excluding hydrogens is 398 g/mol. The molecule has 0 unspecified atom stereocenters. The minimum atomic E-state index is -0.448. The van der Waals surface area contributed by atoms with Crippen molar-refractivity contribution < 1.29 is 14.3 Å². The number of nitrogens with zero attached hydrogens (tertiary/aromatic N) is 2. The number of ether oxygens (including phenoxy) is 1. The van der Waals surface area contributed by atoms with Crippen molar-refractivity contribution in [2.45, 2.75) is 45.4 Å². The minimum absolute atomic E-state index is 0.175. The van der Waals surface area contributed by atoms with Gasteiger partial charge in [0.25, 0.3) is 5.91 Å². The largest absolute Gasteiger partial charge is 0.451 e. The summed E-state index contributed by atoms with van der Waals surface area (Å²) in [6.07, 6.45) is 3.18. The number of anilines is 1. The van der Waals surface area contributed by atoms with Crippen molar-refractivity contribution in [3.05, 3.63) is 63.5 Å². The third-order valence-electron chi connectivity index (χ3n) is 5.03. The van der Waals surface area contributed by atoms with Crippen LogP contribution in [-0.4, -0.2) is 28.3 Å². The fourth-order valence-corrected chi connectivity index (χ4v) is 4.56. The number of hydrogen-bond donors (Lipinski definition) is 1. The van der Waals surface area contributed by atoms with Gasteiger partial charge in [-0.15, -0.1) is 11.3 Å². The van der Waals surface area contributed by atoms with Gasteiger partial charge in [-0.3, -0.25) is 4.79 Å². The smallest absolute Gasteiger partial charge is 0.348 e. The Bertz CT molecular complexity index is 1060. The van der Waals surface area contributed by atoms with Crippen LogP contribution in [0.3, 0.4) is 0 Å². The number of amides is 1. The summed E-state index contributed by atoms with van der Waals surface area (Å²) in [7, 11) is 0. The number of aryl methyl sites for hydroxylation is 2. The van der Waals surface area contributed by atoms with Gasteiger partial charge in [0, 0.05) is 16.4 Å². The molecule has 4 rings (SSSR count). The van der Waals surface area contributed by atoms with E-state index < -0.39 is 11.9 Å². The Kier molecular flexibility index (Phi) is 5.47. The van der Waals surface area contributed by atoms with E-state index in [1.54, 1.807) is 4.68 Å². The number of aromatic nitrogens is 2. The lowest BCUT2D eigenvalue weighted by atomic mass is 9.92. The molecule has 3 aromatic rings. The van der Waals surface area contributed by atoms with Crippen LogP contribution in [0, 0.1) is 0 Å². The predicted octanol–water partition coefficient (Wildman–Crippen LogP) is 4.52. The van der Waals surface area contributed by atoms with Crippen LogP contribution >= 0.6 is 11.3 Å². The monoisotopic (exact) mass is 423 g/mol. The van der Waals surface area contributed by atoms with E-state index in [0.29, 0.717) is 10.7 Å². The van der Waals surface area contributed by atoms with Crippen molar-refractivity contribution in [2.75, 3.05) is 11.9 Å². The predicted molar refractivity (Wildman–Crippen MR) is 118 cm³/mol. The average molecular weight is 424 g/mol. The van der Waals surface area contributed by atoms with Crippen LogP contribution in [0.25, 0.3) is 5.69 Å². The lowest BCUT2D eigenvalue weighted by Crippen LogP contribution is -2.22. The molecule has 2 aromatic heterocycles. The number of esters is 1. The van der Waals surface area contributed by atoms with Gasteiger partial charge in [0.1, 0.15) is 10.7 Å². The summed E-state index contributed by atoms with van der Waals surface area (Å²) in [5, 5.41) is 7.51. The van der Waals surface area contributed by atoms with E-state index in [1.165, 1.54) is 21.8 Å². The molecule has 0 aliphatic heterocycles. The zero-order valence-corrected chi connectivity index (χ0v) is 18.2. The summed E-state index contributed by atoms with van der Waals surface area (Å²) < 4.78 is 6.95. The Morgan fingerprint density at radius 2 is 1.93 bits per heavy atom. The highest BCUT2D eigenvalue weighted by molar-refractivity contribution is 7.14. The van der Waals surface area contributed by atoms with Crippen molar-refractivity contribution in [1.82, 2.24) is 9.78 Å². The molecule has 1 N–H and O–H groups in total. The lowest BCUT2D eigenvalue weighted by Gasteiger charge is -2.14. The molecule has 0 saturated carbocycles. The van der Waals surface area contributed by atoms with Crippen LogP contribution in [0.15, 0.2) is 42.5 Å². The van der Waals surface area contributed by atoms with Gasteiger partial charge in [-0.25, -0.2) is 9.48 Å². The van der Waals surface area contributed by atoms with Gasteiger partial charge in [-0.1, -0.05) is 39.0 Å². The summed E-state index contributed by atoms with van der Waals surface area (Å²) in [6, 6.07) is 13.4. The van der Waals surface area contributed by atoms with Crippen molar-refractivity contribution in [3.8, 4) is 5.69 Å². The van der Waals surface area contributed by atoms with E-state index in [-0.39, 0.29) is 12.0 Å². The molecule has 0 spiro atoms. The van der Waals surface area contributed by atoms with Crippen molar-refractivity contribution in [2.24, 2.45) is 0 Å². The molecule has 1 amide bonds. The van der Waals surface area contributed by atoms with Crippen LogP contribution in [0.1, 0.15) is 53.0 Å². The maximum Gasteiger partial charge on any atom is 0.348 e. The lowest BCUT2D eigenvalue weighted by molar-refractivity contribution is -0.119. The first-order valence-electron chi connectivity index (χ1n) is 10.1. The number of benzene rings is 1. The van der Waals surface area contributed by atoms with E-state index in [0.717, 1.165) is 30.6 Å². The minimum Gasteiger partial charge on any atom is -0.451 e. The van der Waals surface area contributed by atoms with E-state index in [4.69, 9.17) is 4.74 Å². The van der Waals surface area contributed by atoms with Gasteiger partial charge in [0.15, 0.2) is 6.61 Å². The van der Waals surface area contributed by atoms with Crippen LogP contribution in [-0.2, 0) is 27.8 Å². The molecule has 0 bridgehead atoms. The molecule has 0 fully saturated rings. The van der Waals surface area contributed by atoms with Crippen LogP contribution in [0.2, 0.25) is 0 Å². The van der Waals surface area contributed by atoms with Gasteiger partial charge in [0.2, 0.25) is 0 Å². The Hall–Kier alpha value is -2.93. The molecule has 156 valence electrons. The van der Waals surface area contributed by atoms with E-state index in [9.17, 15) is 9.59 Å². The normalized spacial score (nSPS) is 13.2. The van der Waals surface area contributed by atoms with Crippen LogP contribution in [0.5, 0.6) is 0 Å². The first-order chi connectivity index (χ1) is 14.3. The van der Waals surface area contributed by atoms with E-state index in [2.05, 4.69) is 31.2 Å². The molecule has 2 heterocycles. The highest BCUT2D eigenvalue weighted by atomic mass is 32.1. The molecule has 6 nitrogen and oxygen atoms in total. The molecule has 1 aromatic carbocycles. The molecule has 0 radical (unpaired) electrons. The quantitative estimate of drug-likeness (QED) is 0.613. The summed E-state index contributed by atoms with van der Waals surface area (Å²) in [4.78, 5) is 26.6. The maximum absolute atomic E-state index is 12.5. The highest BCUT2D eigenvalue weighted by Crippen LogP contribution is 2.31. The van der Waals surface area contributed by atoms with Gasteiger partial charge in [-0.05, 0) is 43.0 Å². The van der Waals surface area contributed by atoms with Gasteiger partial charge in [0.05, 0.1) is 11.4 Å². The standard InChI is InChI=1S/C23H25N3O3S/c1-23(2,3)19-13-20(26(25-19)16-9-5-4-6-10-16)24-21(27)14-29-22(28)18-12-15-8-7-11-17(15)30-18/h4-6,9-10,12-13H,7-8,11,14H2,1-3H3,(H,24,27). The first-order valence-corrected chi connectivity index (χ1v) is 10.9. The second-order valence-electron chi connectivity index (χ2n) is 8.45. The van der Waals surface area contributed by atoms with Crippen molar-refractivity contribution >= 4 is 29.0 Å². The number of para-hydroxylation sites is 1. The molecule has 1 aliphatic carbocycles. The molecule has 0 atom stereocenters. The van der Waals surface area contributed by atoms with Crippen LogP contribution in [0.4, 0.5) is 5.82 Å². The number of nitrogens with one attached hydrogen (secondary N) is 1. The SMILES string of the molecule is CC(C)(C)c1cc(NC(=O)COC(=O)c2cc3c(s2)CCC3)n(-c2ccccc2)n1. The Morgan fingerprint density at radius 3 is 2.63 bits per heavy atom. The number of hydrogen-bond acceptors (Lipinski definition) is 5. The van der Waals surface area contributed by atoms with Crippen molar-refractivity contribution in [1.29, 1.82) is 0 Å². The summed E-state index contributed by atoms with van der Waals surface area (Å²) in [5.74, 6) is -0.302. The number of fused-ring (bicyclic) bond motifs is 1. The van der Waals surface area contributed by atoms with E-state index in [1.807, 2.05) is 42.5 Å². The fraction of sp³-hybridized carbons (Fsp3) is 0.348. The Balaban J connectivity index is 1.45. The third kappa shape index (κ3) is 4.31. The van der Waals surface area contributed by atoms with E-state index >= 15 is 0 Å². The van der Waals surface area contributed by atoms with Crippen LogP contribution < -0.4 is 5.32 Å². The Labute approximate surface area is 179 Å². The molecule has 7 heteroatoms. The average Bonchev–Trinajstić information content (AvgIpc) is 3.41. The third-order valence-corrected chi connectivity index (χ3v) is 6.25. The second kappa shape index (κ2) is 8.07. The molecular formula is C23H25N3O3S. The molecule has 30 heavy (non-hydrogen) atoms. The highest BCUT2D eigenvalue weighted by Gasteiger charge is 2.23. The zero-order valence-electron chi connectivity index (χ0n) is 17.4. The van der Waals surface area contributed by atoms with Gasteiger partial charge in [-0.2, -0.15) is 5.10 Å². The summed E-state index contributed by atoms with van der Waals surface area (Å²) >= 11 is 1.47. The number of carbonyl (C=O) groups is 2. The zero-order chi connectivity index (χ0) is 21.3. The Morgan fingerprint density at radius 1 is 1.17 bits per heavy atom. The van der Waals surface area contributed by atoms with Gasteiger partial charge >= 0.3 is 5.97 Å². The van der Waals surface area contributed by atoms with Gasteiger partial charge < -0.3 is 10.1 Å². The number of thiophene rings is 1. The van der Waals surface area contributed by atoms with Crippen molar-refractivity contribution in [3.63, 3.8) is 0 Å². The second-order valence-corrected chi connectivity index (χ2v) is 9.59. The summed E-state index contributed by atoms with van der Waals surface area (Å²) in [5.41, 5.74) is 2.75. The fourth-order valence-electron chi connectivity index (χ4n) is 3.41. The maximum atomic E-state index is 12.5. The molecule has 0 saturated heterocycles. The topological polar surface area (TPSA) is 73.2 Å². The number of carbonyl (C=O) groups excluding carboxylic acids is 2. The number of rotatable bonds is 5. The summed E-state index contributed by atoms with van der Waals surface area (Å²) in [6.45, 7) is 5.86. The first kappa shape index (κ1) is 20.3. The molecule has 1 aliphatic rings.